The van der Waals surface area contributed by atoms with Crippen LogP contribution in [0.5, 0.6) is 0 Å². The Kier molecular flexibility index (Phi) is 4.30. The van der Waals surface area contributed by atoms with Crippen molar-refractivity contribution in [1.82, 2.24) is 9.97 Å². The summed E-state index contributed by atoms with van der Waals surface area (Å²) in [5.41, 5.74) is 5.92. The Balaban J connectivity index is 2.44. The molecule has 0 spiro atoms. The van der Waals surface area contributed by atoms with Crippen molar-refractivity contribution in [2.45, 2.75) is 26.7 Å². The average molecular weight is 296 g/mol. The number of benzene rings is 1. The first-order valence-corrected chi connectivity index (χ1v) is 6.47. The number of aromatic nitrogens is 2. The molecular weight excluding hydrogens is 281 g/mol. The number of halogens is 3. The average Bonchev–Trinajstić information content (AvgIpc) is 2.41. The summed E-state index contributed by atoms with van der Waals surface area (Å²) in [6.45, 7) is 3.59. The summed E-state index contributed by atoms with van der Waals surface area (Å²) >= 11 is 0. The molecule has 2 rings (SSSR count). The Morgan fingerprint density at radius 1 is 1.19 bits per heavy atom. The predicted octanol–water partition coefficient (Wildman–Crippen LogP) is 3.48. The van der Waals surface area contributed by atoms with Gasteiger partial charge < -0.3 is 11.1 Å². The lowest BCUT2D eigenvalue weighted by Gasteiger charge is -2.12. The maximum absolute atomic E-state index is 13.7. The fraction of sp³-hybridized carbons (Fsp3) is 0.286. The Hall–Kier alpha value is -2.31. The molecule has 0 atom stereocenters. The lowest BCUT2D eigenvalue weighted by atomic mass is 10.2. The van der Waals surface area contributed by atoms with E-state index in [9.17, 15) is 13.2 Å². The monoisotopic (exact) mass is 296 g/mol. The van der Waals surface area contributed by atoms with Crippen LogP contribution in [0, 0.1) is 24.4 Å². The second-order valence-electron chi connectivity index (χ2n) is 4.62. The molecule has 2 aromatic rings. The smallest absolute Gasteiger partial charge is 0.182 e. The fourth-order valence-corrected chi connectivity index (χ4v) is 1.81. The van der Waals surface area contributed by atoms with Gasteiger partial charge in [0, 0.05) is 24.1 Å². The molecular formula is C14H15F3N4. The molecule has 1 aromatic heterocycles. The van der Waals surface area contributed by atoms with Crippen molar-refractivity contribution in [2.75, 3.05) is 11.1 Å². The van der Waals surface area contributed by atoms with Crippen molar-refractivity contribution in [3.05, 3.63) is 41.0 Å². The second-order valence-corrected chi connectivity index (χ2v) is 4.62. The highest BCUT2D eigenvalue weighted by atomic mass is 19.2. The van der Waals surface area contributed by atoms with Gasteiger partial charge in [-0.3, -0.25) is 0 Å². The number of nitrogens with two attached hydrogens (primary N) is 1. The van der Waals surface area contributed by atoms with Crippen molar-refractivity contribution >= 4 is 17.3 Å². The summed E-state index contributed by atoms with van der Waals surface area (Å²) in [6.07, 6.45) is 1.41. The number of hydrogen-bond acceptors (Lipinski definition) is 4. The number of hydrogen-bond donors (Lipinski definition) is 2. The van der Waals surface area contributed by atoms with Gasteiger partial charge in [0.15, 0.2) is 11.6 Å². The van der Waals surface area contributed by atoms with Crippen LogP contribution >= 0.6 is 0 Å². The second kappa shape index (κ2) is 5.99. The summed E-state index contributed by atoms with van der Waals surface area (Å²) in [4.78, 5) is 8.31. The topological polar surface area (TPSA) is 63.8 Å². The van der Waals surface area contributed by atoms with E-state index < -0.39 is 17.5 Å². The first-order chi connectivity index (χ1) is 9.92. The summed E-state index contributed by atoms with van der Waals surface area (Å²) < 4.78 is 40.1. The molecule has 0 radical (unpaired) electrons. The molecule has 0 fully saturated rings. The number of rotatable bonds is 4. The lowest BCUT2D eigenvalue weighted by Crippen LogP contribution is -2.08. The number of anilines is 3. The van der Waals surface area contributed by atoms with Gasteiger partial charge in [0.05, 0.1) is 5.69 Å². The minimum atomic E-state index is -1.27. The summed E-state index contributed by atoms with van der Waals surface area (Å²) in [5, 5.41) is 2.58. The van der Waals surface area contributed by atoms with Gasteiger partial charge in [-0.25, -0.2) is 23.1 Å². The molecule has 7 heteroatoms. The molecule has 1 aromatic carbocycles. The maximum Gasteiger partial charge on any atom is 0.182 e. The zero-order chi connectivity index (χ0) is 15.6. The molecule has 0 saturated carbocycles. The molecule has 3 N–H and O–H groups in total. The maximum atomic E-state index is 13.7. The van der Waals surface area contributed by atoms with E-state index >= 15 is 0 Å². The van der Waals surface area contributed by atoms with E-state index in [1.807, 2.05) is 6.92 Å². The number of nitrogens with zero attached hydrogens (tertiary/aromatic N) is 2. The van der Waals surface area contributed by atoms with Crippen molar-refractivity contribution in [3.63, 3.8) is 0 Å². The molecule has 112 valence electrons. The largest absolute Gasteiger partial charge is 0.383 e. The summed E-state index contributed by atoms with van der Waals surface area (Å²) in [5.74, 6) is -2.37. The van der Waals surface area contributed by atoms with Crippen molar-refractivity contribution < 1.29 is 13.2 Å². The van der Waals surface area contributed by atoms with Crippen LogP contribution in [0.1, 0.15) is 24.7 Å². The quantitative estimate of drug-likeness (QED) is 0.848. The minimum absolute atomic E-state index is 0.231. The normalized spacial score (nSPS) is 10.7. The molecule has 0 aliphatic carbocycles. The van der Waals surface area contributed by atoms with Crippen LogP contribution in [-0.2, 0) is 6.42 Å². The van der Waals surface area contributed by atoms with Crippen molar-refractivity contribution in [3.8, 4) is 0 Å². The highest BCUT2D eigenvalue weighted by Crippen LogP contribution is 2.26. The van der Waals surface area contributed by atoms with E-state index in [-0.39, 0.29) is 17.3 Å². The summed E-state index contributed by atoms with van der Waals surface area (Å²) in [7, 11) is 0. The zero-order valence-electron chi connectivity index (χ0n) is 11.7. The first kappa shape index (κ1) is 15.1. The Bertz CT molecular complexity index is 674. The van der Waals surface area contributed by atoms with E-state index in [4.69, 9.17) is 5.73 Å². The van der Waals surface area contributed by atoms with Gasteiger partial charge in [0.25, 0.3) is 0 Å². The SMILES string of the molecule is CCCc1nc(N)c(C)c(Nc2cc(F)cc(F)c2F)n1. The van der Waals surface area contributed by atoms with Crippen LogP contribution in [0.3, 0.4) is 0 Å². The standard InChI is InChI=1S/C14H15F3N4/c1-3-4-11-20-13(18)7(2)14(21-11)19-10-6-8(15)5-9(16)12(10)17/h5-6H,3-4H2,1-2H3,(H3,18,19,20,21). The van der Waals surface area contributed by atoms with Gasteiger partial charge in [0.1, 0.15) is 23.3 Å². The Morgan fingerprint density at radius 2 is 1.90 bits per heavy atom. The van der Waals surface area contributed by atoms with E-state index in [1.54, 1.807) is 6.92 Å². The molecule has 0 aliphatic heterocycles. The predicted molar refractivity (Wildman–Crippen MR) is 74.8 cm³/mol. The summed E-state index contributed by atoms with van der Waals surface area (Å²) in [6, 6.07) is 1.33. The molecule has 1 heterocycles. The molecule has 21 heavy (non-hydrogen) atoms. The van der Waals surface area contributed by atoms with E-state index in [0.29, 0.717) is 23.9 Å². The highest BCUT2D eigenvalue weighted by Gasteiger charge is 2.14. The lowest BCUT2D eigenvalue weighted by molar-refractivity contribution is 0.498. The van der Waals surface area contributed by atoms with E-state index in [0.717, 1.165) is 12.5 Å². The van der Waals surface area contributed by atoms with Gasteiger partial charge in [-0.2, -0.15) is 0 Å². The molecule has 0 aliphatic rings. The van der Waals surface area contributed by atoms with Gasteiger partial charge in [-0.05, 0) is 13.3 Å². The van der Waals surface area contributed by atoms with Crippen LogP contribution in [0.4, 0.5) is 30.5 Å². The van der Waals surface area contributed by atoms with Crippen molar-refractivity contribution in [1.29, 1.82) is 0 Å². The Morgan fingerprint density at radius 3 is 2.57 bits per heavy atom. The molecule has 4 nitrogen and oxygen atoms in total. The van der Waals surface area contributed by atoms with Crippen LogP contribution < -0.4 is 11.1 Å². The third-order valence-corrected chi connectivity index (χ3v) is 2.95. The van der Waals surface area contributed by atoms with Gasteiger partial charge in [-0.15, -0.1) is 0 Å². The molecule has 0 unspecified atom stereocenters. The van der Waals surface area contributed by atoms with Crippen LogP contribution in [0.2, 0.25) is 0 Å². The number of aryl methyl sites for hydroxylation is 1. The third kappa shape index (κ3) is 3.24. The van der Waals surface area contributed by atoms with E-state index in [1.165, 1.54) is 0 Å². The molecule has 0 amide bonds. The zero-order valence-corrected chi connectivity index (χ0v) is 11.7. The highest BCUT2D eigenvalue weighted by molar-refractivity contribution is 5.64. The van der Waals surface area contributed by atoms with Crippen LogP contribution in [0.25, 0.3) is 0 Å². The van der Waals surface area contributed by atoms with Crippen molar-refractivity contribution in [2.24, 2.45) is 0 Å². The molecule has 0 saturated heterocycles. The van der Waals surface area contributed by atoms with E-state index in [2.05, 4.69) is 15.3 Å². The third-order valence-electron chi connectivity index (χ3n) is 2.95. The van der Waals surface area contributed by atoms with Gasteiger partial charge >= 0.3 is 0 Å². The van der Waals surface area contributed by atoms with Gasteiger partial charge in [0.2, 0.25) is 0 Å². The first-order valence-electron chi connectivity index (χ1n) is 6.47. The minimum Gasteiger partial charge on any atom is -0.383 e. The van der Waals surface area contributed by atoms with Gasteiger partial charge in [-0.1, -0.05) is 6.92 Å². The fourth-order valence-electron chi connectivity index (χ4n) is 1.81. The Labute approximate surface area is 120 Å². The van der Waals surface area contributed by atoms with Crippen LogP contribution in [-0.4, -0.2) is 9.97 Å². The number of nitrogen functional groups attached to an aromatic ring is 1. The number of nitrogens with one attached hydrogen (secondary N) is 1. The molecule has 0 bridgehead atoms. The van der Waals surface area contributed by atoms with Crippen LogP contribution in [0.15, 0.2) is 12.1 Å².